The van der Waals surface area contributed by atoms with E-state index in [0.717, 1.165) is 43.0 Å². The van der Waals surface area contributed by atoms with Crippen LogP contribution < -0.4 is 20.3 Å². The predicted molar refractivity (Wildman–Crippen MR) is 132 cm³/mol. The molecule has 1 aromatic heterocycles. The predicted octanol–water partition coefficient (Wildman–Crippen LogP) is 4.05. The molecule has 0 aliphatic carbocycles. The van der Waals surface area contributed by atoms with E-state index in [2.05, 4.69) is 20.5 Å². The molecule has 1 fully saturated rings. The van der Waals surface area contributed by atoms with Gasteiger partial charge in [0.1, 0.15) is 10.8 Å². The number of aromatic nitrogens is 1. The summed E-state index contributed by atoms with van der Waals surface area (Å²) in [6.07, 6.45) is 1.88. The number of thiazole rings is 1. The third-order valence-electron chi connectivity index (χ3n) is 5.77. The number of hydrogen-bond donors (Lipinski definition) is 4. The Bertz CT molecular complexity index is 1140. The highest BCUT2D eigenvalue weighted by atomic mass is 32.1. The van der Waals surface area contributed by atoms with Gasteiger partial charge in [0, 0.05) is 36.6 Å². The molecule has 0 unspecified atom stereocenters. The summed E-state index contributed by atoms with van der Waals surface area (Å²) in [7, 11) is 1.58. The van der Waals surface area contributed by atoms with Crippen molar-refractivity contribution in [2.75, 3.05) is 42.3 Å². The highest BCUT2D eigenvalue weighted by Crippen LogP contribution is 2.32. The molecule has 2 heterocycles. The number of carboxylic acid groups (broad SMARTS) is 1. The number of carbonyl (C=O) groups is 2. The van der Waals surface area contributed by atoms with Crippen LogP contribution in [0.5, 0.6) is 5.75 Å². The van der Waals surface area contributed by atoms with Crippen LogP contribution in [-0.2, 0) is 0 Å². The Hall–Kier alpha value is -3.63. The summed E-state index contributed by atoms with van der Waals surface area (Å²) in [5.74, 6) is -0.582. The lowest BCUT2D eigenvalue weighted by molar-refractivity contribution is 0.0692. The van der Waals surface area contributed by atoms with E-state index < -0.39 is 11.9 Å². The number of aromatic carboxylic acids is 1. The molecule has 10 heteroatoms. The number of amides is 1. The minimum absolute atomic E-state index is 0.156. The zero-order valence-corrected chi connectivity index (χ0v) is 19.5. The monoisotopic (exact) mass is 482 g/mol. The Morgan fingerprint density at radius 3 is 2.38 bits per heavy atom. The average molecular weight is 483 g/mol. The maximum atomic E-state index is 12.8. The Labute approximate surface area is 201 Å². The van der Waals surface area contributed by atoms with Crippen LogP contribution in [0, 0.1) is 5.92 Å². The molecule has 0 atom stereocenters. The van der Waals surface area contributed by atoms with Gasteiger partial charge in [-0.15, -0.1) is 0 Å². The van der Waals surface area contributed by atoms with Crippen molar-refractivity contribution in [3.05, 3.63) is 59.8 Å². The first kappa shape index (κ1) is 23.5. The van der Waals surface area contributed by atoms with E-state index in [1.165, 1.54) is 0 Å². The quantitative estimate of drug-likeness (QED) is 0.379. The summed E-state index contributed by atoms with van der Waals surface area (Å²) in [5, 5.41) is 25.1. The van der Waals surface area contributed by atoms with Crippen LogP contribution in [0.25, 0.3) is 0 Å². The number of nitrogens with one attached hydrogen (secondary N) is 2. The van der Waals surface area contributed by atoms with Gasteiger partial charge in [-0.2, -0.15) is 0 Å². The zero-order chi connectivity index (χ0) is 24.1. The average Bonchev–Trinajstić information content (AvgIpc) is 3.27. The number of carbonyl (C=O) groups excluding carboxylic acids is 1. The van der Waals surface area contributed by atoms with Gasteiger partial charge in [0.2, 0.25) is 0 Å². The van der Waals surface area contributed by atoms with Crippen molar-refractivity contribution in [1.29, 1.82) is 0 Å². The van der Waals surface area contributed by atoms with Gasteiger partial charge in [-0.05, 0) is 67.3 Å². The molecule has 1 aliphatic rings. The molecule has 0 spiro atoms. The maximum absolute atomic E-state index is 12.8. The van der Waals surface area contributed by atoms with E-state index >= 15 is 0 Å². The number of rotatable bonds is 8. The van der Waals surface area contributed by atoms with E-state index in [1.807, 2.05) is 12.1 Å². The molecular weight excluding hydrogens is 456 g/mol. The number of ether oxygens (including phenoxy) is 1. The molecule has 0 saturated carbocycles. The highest BCUT2D eigenvalue weighted by molar-refractivity contribution is 7.20. The van der Waals surface area contributed by atoms with Crippen molar-refractivity contribution in [2.24, 2.45) is 5.92 Å². The van der Waals surface area contributed by atoms with Crippen molar-refractivity contribution in [3.63, 3.8) is 0 Å². The molecule has 3 aromatic rings. The molecule has 1 saturated heterocycles. The fourth-order valence-corrected chi connectivity index (χ4v) is 4.65. The second kappa shape index (κ2) is 10.5. The van der Waals surface area contributed by atoms with Crippen LogP contribution in [0.4, 0.5) is 21.5 Å². The number of nitrogens with zero attached hydrogens (tertiary/aromatic N) is 2. The topological polar surface area (TPSA) is 124 Å². The van der Waals surface area contributed by atoms with Gasteiger partial charge in [-0.3, -0.25) is 4.79 Å². The summed E-state index contributed by atoms with van der Waals surface area (Å²) in [6, 6.07) is 14.3. The van der Waals surface area contributed by atoms with Crippen molar-refractivity contribution in [2.45, 2.75) is 12.8 Å². The van der Waals surface area contributed by atoms with Crippen LogP contribution >= 0.6 is 11.3 Å². The number of benzene rings is 2. The van der Waals surface area contributed by atoms with Crippen molar-refractivity contribution in [3.8, 4) is 5.75 Å². The van der Waals surface area contributed by atoms with Gasteiger partial charge >= 0.3 is 5.97 Å². The summed E-state index contributed by atoms with van der Waals surface area (Å²) >= 11 is 1.05. The Morgan fingerprint density at radius 1 is 1.12 bits per heavy atom. The van der Waals surface area contributed by atoms with Crippen LogP contribution in [0.2, 0.25) is 0 Å². The lowest BCUT2D eigenvalue weighted by atomic mass is 9.97. The molecule has 178 valence electrons. The number of anilines is 4. The smallest absolute Gasteiger partial charge is 0.357 e. The van der Waals surface area contributed by atoms with Crippen LogP contribution in [0.3, 0.4) is 0 Å². The molecule has 4 rings (SSSR count). The van der Waals surface area contributed by atoms with E-state index in [1.54, 1.807) is 43.5 Å². The van der Waals surface area contributed by atoms with Gasteiger partial charge in [0.15, 0.2) is 10.8 Å². The fraction of sp³-hybridized carbons (Fsp3) is 0.292. The summed E-state index contributed by atoms with van der Waals surface area (Å²) in [4.78, 5) is 30.8. The second-order valence-electron chi connectivity index (χ2n) is 7.97. The minimum atomic E-state index is -1.23. The van der Waals surface area contributed by atoms with Crippen LogP contribution in [0.15, 0.2) is 48.5 Å². The Balaban J connectivity index is 1.44. The molecule has 4 N–H and O–H groups in total. The van der Waals surface area contributed by atoms with Gasteiger partial charge in [-0.1, -0.05) is 11.3 Å². The lowest BCUT2D eigenvalue weighted by Crippen LogP contribution is -2.34. The van der Waals surface area contributed by atoms with Gasteiger partial charge in [0.05, 0.1) is 7.11 Å². The van der Waals surface area contributed by atoms with Gasteiger partial charge in [0.25, 0.3) is 5.91 Å². The number of carboxylic acids is 1. The first-order valence-corrected chi connectivity index (χ1v) is 11.7. The van der Waals surface area contributed by atoms with E-state index in [9.17, 15) is 19.8 Å². The molecule has 2 aromatic carbocycles. The summed E-state index contributed by atoms with van der Waals surface area (Å²) in [6.45, 7) is 1.95. The van der Waals surface area contributed by atoms with Crippen molar-refractivity contribution >= 4 is 44.7 Å². The molecule has 1 amide bonds. The van der Waals surface area contributed by atoms with Crippen molar-refractivity contribution in [1.82, 2.24) is 4.98 Å². The molecule has 1 aliphatic heterocycles. The van der Waals surface area contributed by atoms with Gasteiger partial charge in [-0.25, -0.2) is 9.78 Å². The molecule has 0 bridgehead atoms. The third-order valence-corrected chi connectivity index (χ3v) is 6.65. The number of hydrogen-bond acceptors (Lipinski definition) is 8. The third kappa shape index (κ3) is 5.46. The van der Waals surface area contributed by atoms with Crippen LogP contribution in [-0.4, -0.2) is 53.9 Å². The standard InChI is InChI=1S/C24H26N4O5S/c1-33-19-8-4-17(5-9-19)25-24-26-20(23(31)32)22(34-24)27-21(30)16-2-6-18(7-3-16)28-12-10-15(14-29)11-13-28/h2-9,15,29H,10-14H2,1H3,(H,25,26)(H,27,30)(H,31,32). The Morgan fingerprint density at radius 2 is 1.79 bits per heavy atom. The lowest BCUT2D eigenvalue weighted by Gasteiger charge is -2.32. The minimum Gasteiger partial charge on any atom is -0.497 e. The first-order chi connectivity index (χ1) is 16.5. The summed E-state index contributed by atoms with van der Waals surface area (Å²) < 4.78 is 5.13. The highest BCUT2D eigenvalue weighted by Gasteiger charge is 2.21. The van der Waals surface area contributed by atoms with E-state index in [-0.39, 0.29) is 17.3 Å². The van der Waals surface area contributed by atoms with Crippen molar-refractivity contribution < 1.29 is 24.5 Å². The summed E-state index contributed by atoms with van der Waals surface area (Å²) in [5.41, 5.74) is 1.92. The number of aliphatic hydroxyl groups excluding tert-OH is 1. The molecule has 9 nitrogen and oxygen atoms in total. The number of aliphatic hydroxyl groups is 1. The van der Waals surface area contributed by atoms with E-state index in [4.69, 9.17) is 4.74 Å². The van der Waals surface area contributed by atoms with Gasteiger partial charge < -0.3 is 30.5 Å². The molecule has 0 radical (unpaired) electrons. The largest absolute Gasteiger partial charge is 0.497 e. The first-order valence-electron chi connectivity index (χ1n) is 10.9. The molecular formula is C24H26N4O5S. The second-order valence-corrected chi connectivity index (χ2v) is 8.97. The number of piperidine rings is 1. The maximum Gasteiger partial charge on any atom is 0.357 e. The zero-order valence-electron chi connectivity index (χ0n) is 18.7. The van der Waals surface area contributed by atoms with Crippen LogP contribution in [0.1, 0.15) is 33.7 Å². The fourth-order valence-electron chi connectivity index (χ4n) is 3.77. The van der Waals surface area contributed by atoms with E-state index in [0.29, 0.717) is 28.0 Å². The number of methoxy groups -OCH3 is 1. The molecule has 34 heavy (non-hydrogen) atoms. The normalized spacial score (nSPS) is 14.0. The SMILES string of the molecule is COc1ccc(Nc2nc(C(=O)O)c(NC(=O)c3ccc(N4CCC(CO)CC4)cc3)s2)cc1. The Kier molecular flexibility index (Phi) is 7.29.